The first-order valence-corrected chi connectivity index (χ1v) is 7.59. The highest BCUT2D eigenvalue weighted by atomic mass is 79.9. The van der Waals surface area contributed by atoms with Gasteiger partial charge in [0.2, 0.25) is 0 Å². The van der Waals surface area contributed by atoms with Crippen molar-refractivity contribution in [1.29, 1.82) is 0 Å². The average Bonchev–Trinajstić information content (AvgIpc) is 2.42. The lowest BCUT2D eigenvalue weighted by molar-refractivity contribution is 0.0947. The van der Waals surface area contributed by atoms with Crippen LogP contribution < -0.4 is 10.1 Å². The van der Waals surface area contributed by atoms with Crippen molar-refractivity contribution >= 4 is 21.8 Å². The van der Waals surface area contributed by atoms with Crippen LogP contribution in [0.2, 0.25) is 0 Å². The molecule has 1 N–H and O–H groups in total. The van der Waals surface area contributed by atoms with Gasteiger partial charge in [-0.2, -0.15) is 0 Å². The number of hydrogen-bond acceptors (Lipinski definition) is 2. The average molecular weight is 348 g/mol. The van der Waals surface area contributed by atoms with E-state index in [1.54, 1.807) is 12.1 Å². The Kier molecular flexibility index (Phi) is 5.39. The number of carbonyl (C=O) groups is 1. The van der Waals surface area contributed by atoms with Crippen molar-refractivity contribution in [1.82, 2.24) is 5.32 Å². The fourth-order valence-electron chi connectivity index (χ4n) is 2.08. The number of amides is 1. The summed E-state index contributed by atoms with van der Waals surface area (Å²) in [4.78, 5) is 11.9. The lowest BCUT2D eigenvalue weighted by atomic mass is 10.1. The molecule has 0 aliphatic carbocycles. The molecule has 0 spiro atoms. The van der Waals surface area contributed by atoms with Gasteiger partial charge in [0.15, 0.2) is 0 Å². The zero-order chi connectivity index (χ0) is 15.2. The highest BCUT2D eigenvalue weighted by molar-refractivity contribution is 9.10. The van der Waals surface area contributed by atoms with Crippen molar-refractivity contribution in [2.75, 3.05) is 13.2 Å². The van der Waals surface area contributed by atoms with Crippen LogP contribution in [0, 0.1) is 13.8 Å². The second kappa shape index (κ2) is 7.27. The minimum absolute atomic E-state index is 0.0969. The van der Waals surface area contributed by atoms with Gasteiger partial charge in [-0.15, -0.1) is 0 Å². The van der Waals surface area contributed by atoms with E-state index in [1.165, 1.54) is 11.1 Å². The van der Waals surface area contributed by atoms with Crippen LogP contribution in [0.3, 0.4) is 0 Å². The van der Waals surface area contributed by atoms with E-state index >= 15 is 0 Å². The van der Waals surface area contributed by atoms with Gasteiger partial charge in [-0.25, -0.2) is 0 Å². The Morgan fingerprint density at radius 2 is 1.86 bits per heavy atom. The molecular weight excluding hydrogens is 330 g/mol. The maximum Gasteiger partial charge on any atom is 0.251 e. The van der Waals surface area contributed by atoms with Crippen LogP contribution in [-0.4, -0.2) is 19.1 Å². The predicted molar refractivity (Wildman–Crippen MR) is 87.9 cm³/mol. The van der Waals surface area contributed by atoms with Gasteiger partial charge < -0.3 is 10.1 Å². The molecule has 3 nitrogen and oxygen atoms in total. The molecule has 0 aliphatic rings. The fourth-order valence-corrected chi connectivity index (χ4v) is 2.48. The smallest absolute Gasteiger partial charge is 0.251 e. The summed E-state index contributed by atoms with van der Waals surface area (Å²) in [6, 6.07) is 13.4. The molecule has 110 valence electrons. The van der Waals surface area contributed by atoms with Crippen molar-refractivity contribution in [3.8, 4) is 5.75 Å². The Morgan fingerprint density at radius 3 is 2.52 bits per heavy atom. The number of carbonyl (C=O) groups excluding carboxylic acids is 1. The van der Waals surface area contributed by atoms with Crippen LogP contribution in [0.1, 0.15) is 21.5 Å². The summed E-state index contributed by atoms with van der Waals surface area (Å²) in [6.07, 6.45) is 0. The fraction of sp³-hybridized carbons (Fsp3) is 0.235. The lowest BCUT2D eigenvalue weighted by Crippen LogP contribution is -2.28. The lowest BCUT2D eigenvalue weighted by Gasteiger charge is -2.09. The molecule has 0 radical (unpaired) electrons. The minimum Gasteiger partial charge on any atom is -0.492 e. The van der Waals surface area contributed by atoms with Gasteiger partial charge in [-0.05, 0) is 55.3 Å². The van der Waals surface area contributed by atoms with E-state index in [0.29, 0.717) is 18.7 Å². The van der Waals surface area contributed by atoms with Crippen LogP contribution >= 0.6 is 15.9 Å². The number of ether oxygens (including phenoxy) is 1. The molecule has 0 bridgehead atoms. The van der Waals surface area contributed by atoms with E-state index in [0.717, 1.165) is 10.2 Å². The molecule has 0 fully saturated rings. The zero-order valence-electron chi connectivity index (χ0n) is 12.2. The summed E-state index contributed by atoms with van der Waals surface area (Å²) < 4.78 is 6.54. The second-order valence-corrected chi connectivity index (χ2v) is 5.85. The first kappa shape index (κ1) is 15.6. The summed E-state index contributed by atoms with van der Waals surface area (Å²) >= 11 is 3.35. The second-order valence-electron chi connectivity index (χ2n) is 4.94. The normalized spacial score (nSPS) is 10.2. The number of rotatable bonds is 5. The standard InChI is InChI=1S/C17H18BrNO2/c1-12-8-13(2)10-16(9-12)21-7-6-19-17(20)14-4-3-5-15(18)11-14/h3-5,8-11H,6-7H2,1-2H3,(H,19,20). The van der Waals surface area contributed by atoms with Crippen molar-refractivity contribution in [3.63, 3.8) is 0 Å². The van der Waals surface area contributed by atoms with E-state index < -0.39 is 0 Å². The molecule has 4 heteroatoms. The van der Waals surface area contributed by atoms with Gasteiger partial charge in [-0.1, -0.05) is 28.1 Å². The summed E-state index contributed by atoms with van der Waals surface area (Å²) in [6.45, 7) is 4.99. The SMILES string of the molecule is Cc1cc(C)cc(OCCNC(=O)c2cccc(Br)c2)c1. The monoisotopic (exact) mass is 347 g/mol. The number of benzene rings is 2. The highest BCUT2D eigenvalue weighted by Gasteiger charge is 2.05. The Labute approximate surface area is 133 Å². The van der Waals surface area contributed by atoms with Gasteiger partial charge in [0, 0.05) is 10.0 Å². The molecule has 2 rings (SSSR count). The van der Waals surface area contributed by atoms with E-state index in [4.69, 9.17) is 4.74 Å². The number of hydrogen-bond donors (Lipinski definition) is 1. The van der Waals surface area contributed by atoms with Crippen molar-refractivity contribution in [2.45, 2.75) is 13.8 Å². The molecule has 2 aromatic carbocycles. The molecule has 21 heavy (non-hydrogen) atoms. The quantitative estimate of drug-likeness (QED) is 0.833. The van der Waals surface area contributed by atoms with E-state index in [1.807, 2.05) is 38.1 Å². The number of nitrogens with one attached hydrogen (secondary N) is 1. The van der Waals surface area contributed by atoms with E-state index in [9.17, 15) is 4.79 Å². The molecule has 0 heterocycles. The summed E-state index contributed by atoms with van der Waals surface area (Å²) in [5.41, 5.74) is 2.97. The first-order chi connectivity index (χ1) is 10.0. The van der Waals surface area contributed by atoms with E-state index in [-0.39, 0.29) is 5.91 Å². The van der Waals surface area contributed by atoms with Crippen molar-refractivity contribution in [3.05, 3.63) is 63.6 Å². The third-order valence-electron chi connectivity index (χ3n) is 2.94. The van der Waals surface area contributed by atoms with Crippen LogP contribution in [0.4, 0.5) is 0 Å². The zero-order valence-corrected chi connectivity index (χ0v) is 13.7. The molecule has 2 aromatic rings. The number of halogens is 1. The van der Waals surface area contributed by atoms with Crippen LogP contribution in [0.15, 0.2) is 46.9 Å². The topological polar surface area (TPSA) is 38.3 Å². The number of aryl methyl sites for hydroxylation is 2. The largest absolute Gasteiger partial charge is 0.492 e. The van der Waals surface area contributed by atoms with Gasteiger partial charge in [-0.3, -0.25) is 4.79 Å². The molecule has 0 aliphatic heterocycles. The van der Waals surface area contributed by atoms with Gasteiger partial charge >= 0.3 is 0 Å². The molecule has 0 saturated carbocycles. The highest BCUT2D eigenvalue weighted by Crippen LogP contribution is 2.16. The maximum atomic E-state index is 11.9. The van der Waals surface area contributed by atoms with Crippen LogP contribution in [-0.2, 0) is 0 Å². The molecular formula is C17H18BrNO2. The third-order valence-corrected chi connectivity index (χ3v) is 3.43. The molecule has 0 atom stereocenters. The Morgan fingerprint density at radius 1 is 1.14 bits per heavy atom. The first-order valence-electron chi connectivity index (χ1n) is 6.79. The van der Waals surface area contributed by atoms with Gasteiger partial charge in [0.1, 0.15) is 12.4 Å². The summed E-state index contributed by atoms with van der Waals surface area (Å²) in [5.74, 6) is 0.740. The molecule has 0 aromatic heterocycles. The summed E-state index contributed by atoms with van der Waals surface area (Å²) in [5, 5.41) is 2.84. The Bertz CT molecular complexity index is 620. The molecule has 0 unspecified atom stereocenters. The Hall–Kier alpha value is -1.81. The molecule has 1 amide bonds. The molecule has 0 saturated heterocycles. The van der Waals surface area contributed by atoms with Gasteiger partial charge in [0.25, 0.3) is 5.91 Å². The van der Waals surface area contributed by atoms with Crippen LogP contribution in [0.25, 0.3) is 0 Å². The van der Waals surface area contributed by atoms with Gasteiger partial charge in [0.05, 0.1) is 6.54 Å². The van der Waals surface area contributed by atoms with Crippen molar-refractivity contribution in [2.24, 2.45) is 0 Å². The Balaban J connectivity index is 1.80. The summed E-state index contributed by atoms with van der Waals surface area (Å²) in [7, 11) is 0. The minimum atomic E-state index is -0.0969. The maximum absolute atomic E-state index is 11.9. The van der Waals surface area contributed by atoms with Crippen LogP contribution in [0.5, 0.6) is 5.75 Å². The third kappa shape index (κ3) is 4.90. The predicted octanol–water partition coefficient (Wildman–Crippen LogP) is 3.87. The van der Waals surface area contributed by atoms with Crippen molar-refractivity contribution < 1.29 is 9.53 Å². The van der Waals surface area contributed by atoms with E-state index in [2.05, 4.69) is 27.3 Å².